The van der Waals surface area contributed by atoms with Crippen molar-refractivity contribution in [1.29, 1.82) is 0 Å². The van der Waals surface area contributed by atoms with Gasteiger partial charge >= 0.3 is 25.8 Å². The average Bonchev–Trinajstić information content (AvgIpc) is 3.55. The van der Waals surface area contributed by atoms with Crippen LogP contribution in [-0.2, 0) is 33.2 Å². The monoisotopic (exact) mass is 727 g/mol. The van der Waals surface area contributed by atoms with Gasteiger partial charge in [-0.1, -0.05) is 55.5 Å². The van der Waals surface area contributed by atoms with Crippen LogP contribution in [0.3, 0.4) is 0 Å². The summed E-state index contributed by atoms with van der Waals surface area (Å²) in [7, 11) is -3.77. The number of benzene rings is 2. The highest BCUT2D eigenvalue weighted by atomic mass is 31.2. The summed E-state index contributed by atoms with van der Waals surface area (Å²) in [6, 6.07) is 14.3. The van der Waals surface area contributed by atoms with Crippen LogP contribution in [0.2, 0.25) is 0 Å². The lowest BCUT2D eigenvalue weighted by molar-refractivity contribution is -0.142. The number of allylic oxidation sites excluding steroid dienone is 1. The van der Waals surface area contributed by atoms with Crippen molar-refractivity contribution in [2.24, 2.45) is 0 Å². The van der Waals surface area contributed by atoms with Gasteiger partial charge in [-0.3, -0.25) is 14.5 Å². The van der Waals surface area contributed by atoms with Crippen molar-refractivity contribution >= 4 is 37.6 Å². The Bertz CT molecular complexity index is 1650. The van der Waals surface area contributed by atoms with Crippen molar-refractivity contribution in [3.8, 4) is 11.5 Å². The highest BCUT2D eigenvalue weighted by Crippen LogP contribution is 2.52. The molecule has 0 aromatic heterocycles. The Morgan fingerprint density at radius 3 is 1.84 bits per heavy atom. The number of imide groups is 1. The quantitative estimate of drug-likeness (QED) is 0.0874. The Hall–Kier alpha value is -5.10. The Kier molecular flexibility index (Phi) is 13.2. The summed E-state index contributed by atoms with van der Waals surface area (Å²) in [5.74, 6) is -5.46. The molecule has 2 aromatic carbocycles. The summed E-state index contributed by atoms with van der Waals surface area (Å²) in [4.78, 5) is 70.8. The second-order valence-corrected chi connectivity index (χ2v) is 15.4. The van der Waals surface area contributed by atoms with Gasteiger partial charge in [0.2, 0.25) is 0 Å². The van der Waals surface area contributed by atoms with Gasteiger partial charge in [-0.05, 0) is 84.7 Å². The van der Waals surface area contributed by atoms with Crippen LogP contribution >= 0.6 is 7.60 Å². The van der Waals surface area contributed by atoms with E-state index >= 15 is 0 Å². The summed E-state index contributed by atoms with van der Waals surface area (Å²) >= 11 is 0. The maximum absolute atomic E-state index is 14.7. The first-order chi connectivity index (χ1) is 23.8. The van der Waals surface area contributed by atoms with Crippen molar-refractivity contribution in [3.05, 3.63) is 84.1 Å². The Morgan fingerprint density at radius 2 is 1.39 bits per heavy atom. The van der Waals surface area contributed by atoms with Gasteiger partial charge in [-0.15, -0.1) is 0 Å². The standard InChI is InChI=1S/C36H46N3O11P/c1-10-24(2)28(39(34(44)48-36(6,7)8)31(41)27-22-17-23-38(27)33(43)47-35(3,4)5)29(40)37-30(32(42)46-9)51(45,49-25-18-13-11-14-19-25)50-26-20-15-12-16-21-26/h11-22,27,30H,10,23H2,1-9H3,(H,37,40)/b28-24+/t27-,30?/m0/s1. The predicted octanol–water partition coefficient (Wildman–Crippen LogP) is 6.58. The van der Waals surface area contributed by atoms with E-state index in [1.54, 1.807) is 90.9 Å². The van der Waals surface area contributed by atoms with Crippen LogP contribution in [-0.4, -0.2) is 76.5 Å². The Morgan fingerprint density at radius 1 is 0.882 bits per heavy atom. The minimum absolute atomic E-state index is 0.0211. The minimum atomic E-state index is -4.78. The molecule has 1 aliphatic rings. The zero-order valence-corrected chi connectivity index (χ0v) is 31.2. The van der Waals surface area contributed by atoms with Crippen LogP contribution in [0.25, 0.3) is 0 Å². The number of hydrogen-bond donors (Lipinski definition) is 1. The van der Waals surface area contributed by atoms with Gasteiger partial charge in [-0.25, -0.2) is 23.8 Å². The summed E-state index contributed by atoms with van der Waals surface area (Å²) in [6.07, 6.45) is 0.996. The molecule has 2 aromatic rings. The lowest BCUT2D eigenvalue weighted by Crippen LogP contribution is -2.54. The molecule has 1 N–H and O–H groups in total. The number of nitrogens with zero attached hydrogens (tertiary/aromatic N) is 2. The number of amides is 4. The van der Waals surface area contributed by atoms with Gasteiger partial charge in [0.15, 0.2) is 0 Å². The van der Waals surface area contributed by atoms with Gasteiger partial charge in [0.05, 0.1) is 7.11 Å². The molecule has 1 aliphatic heterocycles. The number of carbonyl (C=O) groups excluding carboxylic acids is 5. The lowest BCUT2D eigenvalue weighted by atomic mass is 10.1. The zero-order valence-electron chi connectivity index (χ0n) is 30.3. The van der Waals surface area contributed by atoms with E-state index in [2.05, 4.69) is 5.32 Å². The number of nitrogens with one attached hydrogen (secondary N) is 1. The molecule has 4 amide bonds. The second-order valence-electron chi connectivity index (χ2n) is 13.4. The lowest BCUT2D eigenvalue weighted by Gasteiger charge is -2.33. The van der Waals surface area contributed by atoms with Crippen molar-refractivity contribution in [3.63, 3.8) is 0 Å². The van der Waals surface area contributed by atoms with Crippen molar-refractivity contribution in [1.82, 2.24) is 15.1 Å². The fraction of sp³-hybridized carbons (Fsp3) is 0.417. The van der Waals surface area contributed by atoms with Crippen LogP contribution in [0, 0.1) is 0 Å². The van der Waals surface area contributed by atoms with E-state index in [0.29, 0.717) is 4.90 Å². The molecule has 51 heavy (non-hydrogen) atoms. The number of esters is 1. The highest BCUT2D eigenvalue weighted by molar-refractivity contribution is 7.56. The number of carbonyl (C=O) groups is 5. The predicted molar refractivity (Wildman–Crippen MR) is 188 cm³/mol. The van der Waals surface area contributed by atoms with E-state index < -0.39 is 66.3 Å². The van der Waals surface area contributed by atoms with Crippen LogP contribution in [0.15, 0.2) is 84.1 Å². The van der Waals surface area contributed by atoms with E-state index in [0.717, 1.165) is 12.0 Å². The molecule has 0 aliphatic carbocycles. The SMILES string of the molecule is CC/C(C)=C(\C(=O)NC(C(=O)OC)P(=O)(Oc1ccccc1)Oc1ccccc1)N(C(=O)OC(C)(C)C)C(=O)[C@@H]1C=CCN1C(=O)OC(C)(C)C. The highest BCUT2D eigenvalue weighted by Gasteiger charge is 2.49. The van der Waals surface area contributed by atoms with Crippen LogP contribution in [0.1, 0.15) is 61.8 Å². The molecule has 0 saturated carbocycles. The minimum Gasteiger partial charge on any atom is -0.467 e. The van der Waals surface area contributed by atoms with Crippen molar-refractivity contribution in [2.45, 2.75) is 84.8 Å². The number of para-hydroxylation sites is 2. The largest absolute Gasteiger partial charge is 0.467 e. The molecule has 2 atom stereocenters. The smallest absolute Gasteiger partial charge is 0.464 e. The van der Waals surface area contributed by atoms with Gasteiger partial charge in [-0.2, -0.15) is 0 Å². The first kappa shape index (κ1) is 40.3. The third-order valence-corrected chi connectivity index (χ3v) is 8.87. The molecule has 1 unspecified atom stereocenters. The molecule has 0 radical (unpaired) electrons. The topological polar surface area (TPSA) is 167 Å². The summed E-state index contributed by atoms with van der Waals surface area (Å²) in [5, 5.41) is 2.36. The van der Waals surface area contributed by atoms with Gasteiger partial charge in [0.25, 0.3) is 17.6 Å². The fourth-order valence-corrected chi connectivity index (χ4v) is 6.30. The molecule has 1 heterocycles. The summed E-state index contributed by atoms with van der Waals surface area (Å²) in [5.41, 5.74) is -2.38. The maximum atomic E-state index is 14.7. The Balaban J connectivity index is 2.15. The molecule has 0 saturated heterocycles. The van der Waals surface area contributed by atoms with Crippen LogP contribution < -0.4 is 14.4 Å². The van der Waals surface area contributed by atoms with E-state index in [9.17, 15) is 28.5 Å². The first-order valence-electron chi connectivity index (χ1n) is 16.2. The molecular formula is C36H46N3O11P. The maximum Gasteiger partial charge on any atom is 0.464 e. The van der Waals surface area contributed by atoms with Gasteiger partial charge in [0, 0.05) is 6.54 Å². The third-order valence-electron chi connectivity index (χ3n) is 6.97. The molecule has 15 heteroatoms. The molecular weight excluding hydrogens is 681 g/mol. The van der Waals surface area contributed by atoms with Gasteiger partial charge < -0.3 is 28.6 Å². The van der Waals surface area contributed by atoms with Crippen molar-refractivity contribution in [2.75, 3.05) is 13.7 Å². The molecule has 0 spiro atoms. The van der Waals surface area contributed by atoms with Crippen LogP contribution in [0.4, 0.5) is 9.59 Å². The van der Waals surface area contributed by atoms with Gasteiger partial charge in [0.1, 0.15) is 34.4 Å². The molecule has 276 valence electrons. The molecule has 14 nitrogen and oxygen atoms in total. The molecule has 0 bridgehead atoms. The molecule has 3 rings (SSSR count). The third kappa shape index (κ3) is 10.9. The van der Waals surface area contributed by atoms with Crippen molar-refractivity contribution < 1.29 is 51.8 Å². The molecule has 0 fully saturated rings. The van der Waals surface area contributed by atoms with Crippen LogP contribution in [0.5, 0.6) is 11.5 Å². The second kappa shape index (κ2) is 16.7. The first-order valence-corrected chi connectivity index (χ1v) is 17.8. The van der Waals surface area contributed by atoms with E-state index in [4.69, 9.17) is 23.3 Å². The average molecular weight is 728 g/mol. The fourth-order valence-electron chi connectivity index (χ4n) is 4.58. The number of ether oxygens (including phenoxy) is 3. The van der Waals surface area contributed by atoms with E-state index in [1.165, 1.54) is 37.3 Å². The summed E-state index contributed by atoms with van der Waals surface area (Å²) in [6.45, 7) is 12.8. The van der Waals surface area contributed by atoms with E-state index in [1.807, 2.05) is 0 Å². The normalized spacial score (nSPS) is 15.5. The number of rotatable bonds is 11. The number of hydrogen-bond acceptors (Lipinski definition) is 11. The van der Waals surface area contributed by atoms with E-state index in [-0.39, 0.29) is 30.0 Å². The zero-order chi connectivity index (χ0) is 38.1. The number of methoxy groups -OCH3 is 1. The summed E-state index contributed by atoms with van der Waals surface area (Å²) < 4.78 is 42.3. The Labute approximate surface area is 298 Å².